The van der Waals surface area contributed by atoms with Crippen LogP contribution >= 0.6 is 0 Å². The van der Waals surface area contributed by atoms with E-state index in [2.05, 4.69) is 20.7 Å². The van der Waals surface area contributed by atoms with Crippen molar-refractivity contribution in [2.45, 2.75) is 25.8 Å². The third-order valence-corrected chi connectivity index (χ3v) is 3.98. The second-order valence-corrected chi connectivity index (χ2v) is 5.92. The number of carbonyl (C=O) groups excluding carboxylic acids is 2. The molecule has 3 rings (SSSR count). The zero-order chi connectivity index (χ0) is 17.8. The Labute approximate surface area is 144 Å². The van der Waals surface area contributed by atoms with Gasteiger partial charge >= 0.3 is 6.03 Å². The number of aromatic nitrogens is 3. The van der Waals surface area contributed by atoms with Crippen molar-refractivity contribution in [3.63, 3.8) is 0 Å². The summed E-state index contributed by atoms with van der Waals surface area (Å²) >= 11 is 0. The lowest BCUT2D eigenvalue weighted by atomic mass is 10.1. The molecule has 0 saturated carbocycles. The highest BCUT2D eigenvalue weighted by molar-refractivity contribution is 5.89. The average molecular weight is 346 g/mol. The maximum atomic E-state index is 14.2. The Morgan fingerprint density at radius 1 is 1.36 bits per heavy atom. The Morgan fingerprint density at radius 2 is 2.20 bits per heavy atom. The van der Waals surface area contributed by atoms with Gasteiger partial charge in [-0.05, 0) is 31.0 Å². The number of carbonyl (C=O) groups is 2. The van der Waals surface area contributed by atoms with Crippen LogP contribution in [0.4, 0.5) is 14.9 Å². The zero-order valence-corrected chi connectivity index (χ0v) is 13.8. The fourth-order valence-electron chi connectivity index (χ4n) is 2.87. The first-order chi connectivity index (χ1) is 12.0. The van der Waals surface area contributed by atoms with E-state index in [1.54, 1.807) is 11.0 Å². The van der Waals surface area contributed by atoms with Crippen molar-refractivity contribution in [1.82, 2.24) is 25.0 Å². The number of amides is 3. The maximum Gasteiger partial charge on any atom is 0.321 e. The van der Waals surface area contributed by atoms with Gasteiger partial charge in [-0.25, -0.2) is 18.9 Å². The van der Waals surface area contributed by atoms with E-state index in [0.717, 1.165) is 12.8 Å². The summed E-state index contributed by atoms with van der Waals surface area (Å²) in [5.74, 6) is -0.629. The van der Waals surface area contributed by atoms with Gasteiger partial charge in [0, 0.05) is 31.7 Å². The average Bonchev–Trinajstić information content (AvgIpc) is 3.09. The van der Waals surface area contributed by atoms with Crippen LogP contribution in [0.3, 0.4) is 0 Å². The Balaban J connectivity index is 1.64. The summed E-state index contributed by atoms with van der Waals surface area (Å²) in [7, 11) is 0. The number of hydrogen-bond acceptors (Lipinski definition) is 4. The highest BCUT2D eigenvalue weighted by Gasteiger charge is 2.24. The molecule has 1 fully saturated rings. The molecular weight excluding hydrogens is 327 g/mol. The third kappa shape index (κ3) is 4.11. The summed E-state index contributed by atoms with van der Waals surface area (Å²) in [6.07, 6.45) is 4.35. The predicted molar refractivity (Wildman–Crippen MR) is 88.7 cm³/mol. The molecule has 8 nitrogen and oxygen atoms in total. The van der Waals surface area contributed by atoms with Crippen LogP contribution in [0.5, 0.6) is 0 Å². The summed E-state index contributed by atoms with van der Waals surface area (Å²) in [4.78, 5) is 28.9. The van der Waals surface area contributed by atoms with Crippen LogP contribution in [0.2, 0.25) is 0 Å². The smallest absolute Gasteiger partial charge is 0.321 e. The molecule has 1 atom stereocenters. The predicted octanol–water partition coefficient (Wildman–Crippen LogP) is 1.54. The number of hydrogen-bond donors (Lipinski definition) is 2. The molecule has 2 N–H and O–H groups in total. The molecule has 132 valence electrons. The van der Waals surface area contributed by atoms with E-state index in [0.29, 0.717) is 18.8 Å². The van der Waals surface area contributed by atoms with Crippen LogP contribution in [0.1, 0.15) is 19.8 Å². The lowest BCUT2D eigenvalue weighted by molar-refractivity contribution is -0.119. The molecular formula is C16H19FN6O2. The number of piperidine rings is 1. The lowest BCUT2D eigenvalue weighted by Crippen LogP contribution is -2.50. The number of benzene rings is 1. The number of likely N-dealkylation sites (tertiary alicyclic amines) is 1. The maximum absolute atomic E-state index is 14.2. The molecule has 1 aromatic heterocycles. The number of nitrogens with one attached hydrogen (secondary N) is 2. The molecule has 1 aliphatic heterocycles. The van der Waals surface area contributed by atoms with Gasteiger partial charge in [-0.15, -0.1) is 0 Å². The van der Waals surface area contributed by atoms with Gasteiger partial charge in [0.25, 0.3) is 0 Å². The van der Waals surface area contributed by atoms with Crippen molar-refractivity contribution in [2.24, 2.45) is 0 Å². The lowest BCUT2D eigenvalue weighted by Gasteiger charge is -2.33. The first-order valence-corrected chi connectivity index (χ1v) is 8.00. The fourth-order valence-corrected chi connectivity index (χ4v) is 2.87. The zero-order valence-electron chi connectivity index (χ0n) is 13.8. The molecule has 3 amide bonds. The fraction of sp³-hybridized carbons (Fsp3) is 0.375. The van der Waals surface area contributed by atoms with Crippen molar-refractivity contribution in [3.8, 4) is 5.69 Å². The molecule has 1 aliphatic rings. The standard InChI is InChI=1S/C16H19FN6O2/c1-11(24)20-13-3-2-6-22(8-13)16(25)21-12-4-5-15(14(17)7-12)23-10-18-9-19-23/h4-5,7,9-10,13H,2-3,6,8H2,1H3,(H,20,24)(H,21,25). The molecule has 0 spiro atoms. The van der Waals surface area contributed by atoms with Crippen LogP contribution in [-0.2, 0) is 4.79 Å². The summed E-state index contributed by atoms with van der Waals surface area (Å²) in [5.41, 5.74) is 0.604. The van der Waals surface area contributed by atoms with Gasteiger partial charge in [0.15, 0.2) is 5.82 Å². The first-order valence-electron chi connectivity index (χ1n) is 8.00. The second-order valence-electron chi connectivity index (χ2n) is 5.92. The molecule has 2 heterocycles. The Bertz CT molecular complexity index is 764. The van der Waals surface area contributed by atoms with Crippen molar-refractivity contribution >= 4 is 17.6 Å². The second kappa shape index (κ2) is 7.29. The topological polar surface area (TPSA) is 92.2 Å². The van der Waals surface area contributed by atoms with E-state index in [1.165, 1.54) is 36.4 Å². The highest BCUT2D eigenvalue weighted by atomic mass is 19.1. The van der Waals surface area contributed by atoms with Crippen molar-refractivity contribution < 1.29 is 14.0 Å². The molecule has 0 aliphatic carbocycles. The monoisotopic (exact) mass is 346 g/mol. The van der Waals surface area contributed by atoms with Gasteiger partial charge in [0.1, 0.15) is 18.3 Å². The summed E-state index contributed by atoms with van der Waals surface area (Å²) < 4.78 is 15.5. The minimum absolute atomic E-state index is 0.0524. The van der Waals surface area contributed by atoms with Crippen molar-refractivity contribution in [1.29, 1.82) is 0 Å². The molecule has 25 heavy (non-hydrogen) atoms. The number of rotatable bonds is 3. The Hall–Kier alpha value is -2.97. The van der Waals surface area contributed by atoms with E-state index in [1.807, 2.05) is 0 Å². The summed E-state index contributed by atoms with van der Waals surface area (Å²) in [6, 6.07) is 4.00. The van der Waals surface area contributed by atoms with Gasteiger partial charge in [-0.3, -0.25) is 4.79 Å². The SMILES string of the molecule is CC(=O)NC1CCCN(C(=O)Nc2ccc(-n3cncn3)c(F)c2)C1. The molecule has 1 unspecified atom stereocenters. The van der Waals surface area contributed by atoms with E-state index in [-0.39, 0.29) is 23.7 Å². The van der Waals surface area contributed by atoms with Crippen molar-refractivity contribution in [2.75, 3.05) is 18.4 Å². The quantitative estimate of drug-likeness (QED) is 0.882. The Kier molecular flexibility index (Phi) is 4.92. The van der Waals surface area contributed by atoms with E-state index < -0.39 is 5.82 Å². The first kappa shape index (κ1) is 16.9. The van der Waals surface area contributed by atoms with Gasteiger partial charge in [0.2, 0.25) is 5.91 Å². The van der Waals surface area contributed by atoms with Gasteiger partial charge < -0.3 is 15.5 Å². The van der Waals surface area contributed by atoms with Gasteiger partial charge in [-0.2, -0.15) is 5.10 Å². The molecule has 1 aromatic carbocycles. The van der Waals surface area contributed by atoms with E-state index >= 15 is 0 Å². The van der Waals surface area contributed by atoms with Gasteiger partial charge in [0.05, 0.1) is 0 Å². The molecule has 0 radical (unpaired) electrons. The van der Waals surface area contributed by atoms with Crippen LogP contribution in [0, 0.1) is 5.82 Å². The minimum atomic E-state index is -0.516. The molecule has 2 aromatic rings. The van der Waals surface area contributed by atoms with Crippen LogP contribution in [0.25, 0.3) is 5.69 Å². The number of nitrogens with zero attached hydrogens (tertiary/aromatic N) is 4. The number of halogens is 1. The number of urea groups is 1. The van der Waals surface area contributed by atoms with E-state index in [4.69, 9.17) is 0 Å². The molecule has 1 saturated heterocycles. The third-order valence-electron chi connectivity index (χ3n) is 3.98. The van der Waals surface area contributed by atoms with E-state index in [9.17, 15) is 14.0 Å². The normalized spacial score (nSPS) is 17.2. The van der Waals surface area contributed by atoms with Crippen LogP contribution in [0.15, 0.2) is 30.9 Å². The number of anilines is 1. The van der Waals surface area contributed by atoms with Crippen LogP contribution in [-0.4, -0.2) is 50.7 Å². The highest BCUT2D eigenvalue weighted by Crippen LogP contribution is 2.18. The van der Waals surface area contributed by atoms with Crippen LogP contribution < -0.4 is 10.6 Å². The summed E-state index contributed by atoms with van der Waals surface area (Å²) in [6.45, 7) is 2.49. The Morgan fingerprint density at radius 3 is 2.88 bits per heavy atom. The van der Waals surface area contributed by atoms with Crippen molar-refractivity contribution in [3.05, 3.63) is 36.7 Å². The summed E-state index contributed by atoms with van der Waals surface area (Å²) in [5, 5.41) is 9.39. The molecule has 0 bridgehead atoms. The van der Waals surface area contributed by atoms with Gasteiger partial charge in [-0.1, -0.05) is 0 Å². The minimum Gasteiger partial charge on any atom is -0.352 e. The largest absolute Gasteiger partial charge is 0.352 e. The molecule has 9 heteroatoms.